The summed E-state index contributed by atoms with van der Waals surface area (Å²) >= 11 is 9.21. The van der Waals surface area contributed by atoms with Gasteiger partial charge in [-0.3, -0.25) is 9.69 Å². The van der Waals surface area contributed by atoms with Gasteiger partial charge in [0, 0.05) is 5.02 Å². The van der Waals surface area contributed by atoms with Crippen LogP contribution in [0, 0.1) is 0 Å². The molecular weight excluding hydrogens is 474 g/mol. The minimum Gasteiger partial charge on any atom is -0.491 e. The molecule has 1 atom stereocenters. The van der Waals surface area contributed by atoms with E-state index < -0.39 is 24.1 Å². The summed E-state index contributed by atoms with van der Waals surface area (Å²) in [7, 11) is 0. The topological polar surface area (TPSA) is 67.9 Å². The first-order chi connectivity index (χ1) is 13.7. The van der Waals surface area contributed by atoms with Crippen LogP contribution in [-0.4, -0.2) is 36.6 Å². The summed E-state index contributed by atoms with van der Waals surface area (Å²) < 4.78 is 35.1. The lowest BCUT2D eigenvalue weighted by atomic mass is 9.92. The Morgan fingerprint density at radius 2 is 1.90 bits per heavy atom. The molecule has 1 aliphatic rings. The Labute approximate surface area is 178 Å². The Morgan fingerprint density at radius 1 is 1.21 bits per heavy atom. The molecule has 3 amide bonds. The van der Waals surface area contributed by atoms with Gasteiger partial charge in [-0.05, 0) is 58.7 Å². The Kier molecular flexibility index (Phi) is 6.28. The molecule has 0 spiro atoms. The Balaban J connectivity index is 1.66. The molecule has 1 N–H and O–H groups in total. The van der Waals surface area contributed by atoms with Gasteiger partial charge < -0.3 is 14.8 Å². The number of carbonyl (C=O) groups is 2. The van der Waals surface area contributed by atoms with Gasteiger partial charge in [0.05, 0.1) is 11.0 Å². The lowest BCUT2D eigenvalue weighted by molar-refractivity contribution is -0.131. The molecule has 2 aromatic rings. The lowest BCUT2D eigenvalue weighted by Crippen LogP contribution is -2.41. The van der Waals surface area contributed by atoms with Crippen molar-refractivity contribution in [1.82, 2.24) is 10.2 Å². The molecule has 1 aliphatic heterocycles. The summed E-state index contributed by atoms with van der Waals surface area (Å²) in [5, 5.41) is 3.18. The summed E-state index contributed by atoms with van der Waals surface area (Å²) in [5.41, 5.74) is -0.872. The van der Waals surface area contributed by atoms with E-state index in [0.717, 1.165) is 4.90 Å². The first-order valence-electron chi connectivity index (χ1n) is 8.48. The van der Waals surface area contributed by atoms with Crippen molar-refractivity contribution in [3.05, 3.63) is 57.5 Å². The highest BCUT2D eigenvalue weighted by atomic mass is 79.9. The standard InChI is InChI=1S/C19H16BrClF2N2O4/c1-19(11-2-5-13(6-3-11)29-17(22)23)16(26)25(18(27)24-19)8-9-28-15-7-4-12(21)10-14(15)20/h2-7,10,17H,8-9H2,1H3,(H,24,27). The second kappa shape index (κ2) is 8.54. The highest BCUT2D eigenvalue weighted by molar-refractivity contribution is 9.10. The molecule has 1 fully saturated rings. The second-order valence-electron chi connectivity index (χ2n) is 6.34. The number of nitrogens with one attached hydrogen (secondary N) is 1. The predicted octanol–water partition coefficient (Wildman–Crippen LogP) is 4.55. The molecule has 1 unspecified atom stereocenters. The molecule has 1 heterocycles. The van der Waals surface area contributed by atoms with Crippen LogP contribution in [0.5, 0.6) is 11.5 Å². The third kappa shape index (κ3) is 4.62. The average molecular weight is 490 g/mol. The highest BCUT2D eigenvalue weighted by Crippen LogP contribution is 2.31. The molecule has 0 saturated carbocycles. The number of benzene rings is 2. The van der Waals surface area contributed by atoms with Crippen LogP contribution >= 0.6 is 27.5 Å². The van der Waals surface area contributed by atoms with Crippen molar-refractivity contribution in [2.24, 2.45) is 0 Å². The number of hydrogen-bond donors (Lipinski definition) is 1. The van der Waals surface area contributed by atoms with E-state index in [1.807, 2.05) is 0 Å². The first-order valence-corrected chi connectivity index (χ1v) is 9.65. The van der Waals surface area contributed by atoms with E-state index >= 15 is 0 Å². The third-order valence-corrected chi connectivity index (χ3v) is 5.25. The Bertz CT molecular complexity index is 929. The Hall–Kier alpha value is -2.39. The van der Waals surface area contributed by atoms with E-state index in [9.17, 15) is 18.4 Å². The number of alkyl halides is 2. The highest BCUT2D eigenvalue weighted by Gasteiger charge is 2.48. The average Bonchev–Trinajstić information content (AvgIpc) is 2.87. The van der Waals surface area contributed by atoms with E-state index in [4.69, 9.17) is 16.3 Å². The molecule has 2 aromatic carbocycles. The summed E-state index contributed by atoms with van der Waals surface area (Å²) in [6, 6.07) is 9.99. The number of hydrogen-bond acceptors (Lipinski definition) is 4. The predicted molar refractivity (Wildman–Crippen MR) is 105 cm³/mol. The van der Waals surface area contributed by atoms with Crippen LogP contribution in [0.3, 0.4) is 0 Å². The molecule has 0 bridgehead atoms. The van der Waals surface area contributed by atoms with Crippen molar-refractivity contribution in [1.29, 1.82) is 0 Å². The minimum atomic E-state index is -2.94. The number of halogens is 4. The van der Waals surface area contributed by atoms with Gasteiger partial charge in [0.15, 0.2) is 0 Å². The molecular formula is C19H16BrClF2N2O4. The van der Waals surface area contributed by atoms with Gasteiger partial charge in [0.25, 0.3) is 5.91 Å². The number of nitrogens with zero attached hydrogens (tertiary/aromatic N) is 1. The first kappa shape index (κ1) is 21.3. The van der Waals surface area contributed by atoms with Crippen molar-refractivity contribution < 1.29 is 27.8 Å². The zero-order valence-corrected chi connectivity index (χ0v) is 17.5. The van der Waals surface area contributed by atoms with Crippen molar-refractivity contribution in [2.45, 2.75) is 19.1 Å². The van der Waals surface area contributed by atoms with Gasteiger partial charge in [-0.25, -0.2) is 4.79 Å². The van der Waals surface area contributed by atoms with Crippen molar-refractivity contribution >= 4 is 39.5 Å². The van der Waals surface area contributed by atoms with E-state index in [0.29, 0.717) is 20.8 Å². The maximum Gasteiger partial charge on any atom is 0.387 e. The summed E-state index contributed by atoms with van der Waals surface area (Å²) in [6.45, 7) is -1.29. The monoisotopic (exact) mass is 488 g/mol. The van der Waals surface area contributed by atoms with Gasteiger partial charge in [0.2, 0.25) is 0 Å². The lowest BCUT2D eigenvalue weighted by Gasteiger charge is -2.22. The molecule has 3 rings (SSSR count). The molecule has 29 heavy (non-hydrogen) atoms. The Morgan fingerprint density at radius 3 is 2.52 bits per heavy atom. The second-order valence-corrected chi connectivity index (χ2v) is 7.63. The van der Waals surface area contributed by atoms with Gasteiger partial charge in [-0.1, -0.05) is 23.7 Å². The number of carbonyl (C=O) groups excluding carboxylic acids is 2. The smallest absolute Gasteiger partial charge is 0.387 e. The maximum atomic E-state index is 12.9. The summed E-state index contributed by atoms with van der Waals surface area (Å²) in [6.07, 6.45) is 0. The van der Waals surface area contributed by atoms with Gasteiger partial charge in [-0.2, -0.15) is 8.78 Å². The molecule has 1 saturated heterocycles. The maximum absolute atomic E-state index is 12.9. The van der Waals surface area contributed by atoms with Gasteiger partial charge in [-0.15, -0.1) is 0 Å². The van der Waals surface area contributed by atoms with Crippen LogP contribution < -0.4 is 14.8 Å². The number of imide groups is 1. The summed E-state index contributed by atoms with van der Waals surface area (Å²) in [4.78, 5) is 26.2. The van der Waals surface area contributed by atoms with Crippen LogP contribution in [0.15, 0.2) is 46.9 Å². The van der Waals surface area contributed by atoms with Crippen molar-refractivity contribution in [3.63, 3.8) is 0 Å². The molecule has 154 valence electrons. The van der Waals surface area contributed by atoms with Gasteiger partial charge in [0.1, 0.15) is 23.6 Å². The fourth-order valence-electron chi connectivity index (χ4n) is 2.90. The van der Waals surface area contributed by atoms with E-state index in [-0.39, 0.29) is 18.9 Å². The normalized spacial score (nSPS) is 18.9. The summed E-state index contributed by atoms with van der Waals surface area (Å²) in [5.74, 6) is 0.0190. The third-order valence-electron chi connectivity index (χ3n) is 4.40. The fraction of sp³-hybridized carbons (Fsp3) is 0.263. The van der Waals surface area contributed by atoms with Crippen molar-refractivity contribution in [2.75, 3.05) is 13.2 Å². The molecule has 10 heteroatoms. The largest absolute Gasteiger partial charge is 0.491 e. The number of rotatable bonds is 7. The van der Waals surface area contributed by atoms with Crippen LogP contribution in [0.1, 0.15) is 12.5 Å². The SMILES string of the molecule is CC1(c2ccc(OC(F)F)cc2)NC(=O)N(CCOc2ccc(Cl)cc2Br)C1=O. The van der Waals surface area contributed by atoms with Crippen LogP contribution in [0.2, 0.25) is 5.02 Å². The number of urea groups is 1. The van der Waals surface area contributed by atoms with Crippen molar-refractivity contribution in [3.8, 4) is 11.5 Å². The molecule has 0 radical (unpaired) electrons. The van der Waals surface area contributed by atoms with E-state index in [1.54, 1.807) is 25.1 Å². The quantitative estimate of drug-likeness (QED) is 0.580. The fourth-order valence-corrected chi connectivity index (χ4v) is 3.70. The minimum absolute atomic E-state index is 0.0297. The van der Waals surface area contributed by atoms with Gasteiger partial charge >= 0.3 is 12.6 Å². The number of amides is 3. The molecule has 0 aliphatic carbocycles. The van der Waals surface area contributed by atoms with Crippen LogP contribution in [-0.2, 0) is 10.3 Å². The zero-order chi connectivity index (χ0) is 21.2. The number of ether oxygens (including phenoxy) is 2. The molecule has 6 nitrogen and oxygen atoms in total. The van der Waals surface area contributed by atoms with Crippen LogP contribution in [0.25, 0.3) is 0 Å². The van der Waals surface area contributed by atoms with E-state index in [1.165, 1.54) is 24.3 Å². The zero-order valence-electron chi connectivity index (χ0n) is 15.1. The van der Waals surface area contributed by atoms with Crippen LogP contribution in [0.4, 0.5) is 13.6 Å². The van der Waals surface area contributed by atoms with E-state index in [2.05, 4.69) is 26.0 Å². The molecule has 0 aromatic heterocycles.